The van der Waals surface area contributed by atoms with Crippen LogP contribution in [0.2, 0.25) is 0 Å². The second kappa shape index (κ2) is 8.89. The van der Waals surface area contributed by atoms with E-state index in [1.165, 1.54) is 10.4 Å². The smallest absolute Gasteiger partial charge is 0.410 e. The molecule has 6 nitrogen and oxygen atoms in total. The number of nitrogens with zero attached hydrogens (tertiary/aromatic N) is 2. The van der Waals surface area contributed by atoms with Gasteiger partial charge in [-0.15, -0.1) is 35.3 Å². The molecule has 1 aromatic rings. The number of halogens is 1. The number of guanidine groups is 1. The summed E-state index contributed by atoms with van der Waals surface area (Å²) >= 11 is 1.74. The number of aryl methyl sites for hydroxylation is 1. The minimum Gasteiger partial charge on any atom is -0.444 e. The molecule has 2 rings (SSSR count). The molecule has 1 amide bonds. The van der Waals surface area contributed by atoms with Gasteiger partial charge in [0.15, 0.2) is 5.96 Å². The van der Waals surface area contributed by atoms with Crippen molar-refractivity contribution in [2.45, 2.75) is 45.9 Å². The van der Waals surface area contributed by atoms with Crippen LogP contribution in [0.25, 0.3) is 0 Å². The Bertz CT molecular complexity index is 577. The minimum absolute atomic E-state index is 0. The van der Waals surface area contributed by atoms with Crippen LogP contribution in [0.15, 0.2) is 16.4 Å². The van der Waals surface area contributed by atoms with E-state index in [1.807, 2.05) is 20.8 Å². The van der Waals surface area contributed by atoms with E-state index < -0.39 is 5.60 Å². The summed E-state index contributed by atoms with van der Waals surface area (Å²) in [6, 6.07) is 2.32. The van der Waals surface area contributed by atoms with E-state index >= 15 is 0 Å². The Hall–Kier alpha value is -1.03. The summed E-state index contributed by atoms with van der Waals surface area (Å²) < 4.78 is 5.35. The van der Waals surface area contributed by atoms with Crippen molar-refractivity contribution in [3.8, 4) is 0 Å². The van der Waals surface area contributed by atoms with Crippen LogP contribution < -0.4 is 10.6 Å². The molecule has 0 spiro atoms. The van der Waals surface area contributed by atoms with Gasteiger partial charge in [0.1, 0.15) is 5.60 Å². The van der Waals surface area contributed by atoms with Gasteiger partial charge >= 0.3 is 6.09 Å². The number of amides is 1. The van der Waals surface area contributed by atoms with Crippen molar-refractivity contribution >= 4 is 47.4 Å². The number of carbonyl (C=O) groups excluding carboxylic acids is 1. The quantitative estimate of drug-likeness (QED) is 0.409. The fraction of sp³-hybridized carbons (Fsp3) is 0.625. The summed E-state index contributed by atoms with van der Waals surface area (Å²) in [7, 11) is 1.75. The zero-order valence-electron chi connectivity index (χ0n) is 14.9. The molecule has 136 valence electrons. The van der Waals surface area contributed by atoms with Crippen LogP contribution in [-0.2, 0) is 11.3 Å². The fourth-order valence-electron chi connectivity index (χ4n) is 2.18. The lowest BCUT2D eigenvalue weighted by atomic mass is 10.1. The van der Waals surface area contributed by atoms with E-state index in [9.17, 15) is 4.79 Å². The number of hydrogen-bond donors (Lipinski definition) is 2. The SMILES string of the molecule is CN=C(NCc1sccc1C)NC1CN(C(=O)OC(C)(C)C)C1.I. The lowest BCUT2D eigenvalue weighted by Gasteiger charge is -2.40. The average molecular weight is 466 g/mol. The first kappa shape index (κ1) is 21.0. The highest BCUT2D eigenvalue weighted by Gasteiger charge is 2.34. The number of ether oxygens (including phenoxy) is 1. The van der Waals surface area contributed by atoms with Crippen LogP contribution >= 0.6 is 35.3 Å². The zero-order chi connectivity index (χ0) is 17.0. The van der Waals surface area contributed by atoms with Gasteiger partial charge in [0.2, 0.25) is 0 Å². The van der Waals surface area contributed by atoms with Crippen molar-refractivity contribution in [3.05, 3.63) is 21.9 Å². The molecule has 8 heteroatoms. The van der Waals surface area contributed by atoms with Crippen LogP contribution in [0.4, 0.5) is 4.79 Å². The second-order valence-corrected chi connectivity index (χ2v) is 7.68. The van der Waals surface area contributed by atoms with Gasteiger partial charge in [-0.25, -0.2) is 4.79 Å². The Balaban J connectivity index is 0.00000288. The van der Waals surface area contributed by atoms with Crippen molar-refractivity contribution in [2.75, 3.05) is 20.1 Å². The van der Waals surface area contributed by atoms with Crippen molar-refractivity contribution in [1.29, 1.82) is 0 Å². The second-order valence-electron chi connectivity index (χ2n) is 6.68. The lowest BCUT2D eigenvalue weighted by molar-refractivity contribution is 0.00701. The Kier molecular flexibility index (Phi) is 7.78. The maximum absolute atomic E-state index is 11.9. The highest BCUT2D eigenvalue weighted by atomic mass is 127. The van der Waals surface area contributed by atoms with Gasteiger partial charge in [0, 0.05) is 25.0 Å². The molecule has 0 atom stereocenters. The number of rotatable bonds is 3. The third-order valence-corrected chi connectivity index (χ3v) is 4.51. The number of carbonyl (C=O) groups is 1. The summed E-state index contributed by atoms with van der Waals surface area (Å²) in [6.07, 6.45) is -0.257. The Morgan fingerprint density at radius 2 is 2.12 bits per heavy atom. The molecule has 0 bridgehead atoms. The van der Waals surface area contributed by atoms with Gasteiger partial charge in [-0.3, -0.25) is 4.99 Å². The summed E-state index contributed by atoms with van der Waals surface area (Å²) in [4.78, 5) is 19.1. The van der Waals surface area contributed by atoms with Crippen molar-refractivity contribution in [3.63, 3.8) is 0 Å². The molecule has 1 aliphatic heterocycles. The highest BCUT2D eigenvalue weighted by Crippen LogP contribution is 2.16. The molecule has 0 radical (unpaired) electrons. The van der Waals surface area contributed by atoms with Crippen molar-refractivity contribution in [2.24, 2.45) is 4.99 Å². The van der Waals surface area contributed by atoms with E-state index in [1.54, 1.807) is 23.3 Å². The summed E-state index contributed by atoms with van der Waals surface area (Å²) in [5, 5.41) is 8.73. The first-order valence-electron chi connectivity index (χ1n) is 7.76. The molecule has 0 aromatic carbocycles. The first-order chi connectivity index (χ1) is 10.8. The third kappa shape index (κ3) is 6.12. The normalized spacial score (nSPS) is 15.4. The summed E-state index contributed by atoms with van der Waals surface area (Å²) in [5.74, 6) is 0.756. The van der Waals surface area contributed by atoms with Crippen molar-refractivity contribution < 1.29 is 9.53 Å². The summed E-state index contributed by atoms with van der Waals surface area (Å²) in [5.41, 5.74) is 0.837. The topological polar surface area (TPSA) is 66.0 Å². The fourth-order valence-corrected chi connectivity index (χ4v) is 3.03. The molecule has 0 aliphatic carbocycles. The third-order valence-electron chi connectivity index (χ3n) is 3.48. The van der Waals surface area contributed by atoms with Gasteiger partial charge in [0.05, 0.1) is 12.6 Å². The number of thiophene rings is 1. The molecule has 0 saturated carbocycles. The maximum Gasteiger partial charge on any atom is 0.410 e. The zero-order valence-corrected chi connectivity index (χ0v) is 18.0. The standard InChI is InChI=1S/C16H26N4O2S.HI/c1-11-6-7-23-13(11)8-18-14(17-5)19-12-9-20(10-12)15(21)22-16(2,3)4;/h6-7,12H,8-10H2,1-5H3,(H2,17,18,19);1H. The van der Waals surface area contributed by atoms with Crippen LogP contribution in [0.5, 0.6) is 0 Å². The largest absolute Gasteiger partial charge is 0.444 e. The molecule has 1 fully saturated rings. The number of hydrogen-bond acceptors (Lipinski definition) is 4. The first-order valence-corrected chi connectivity index (χ1v) is 8.64. The van der Waals surface area contributed by atoms with E-state index in [2.05, 4.69) is 34.0 Å². The van der Waals surface area contributed by atoms with Crippen LogP contribution in [0, 0.1) is 6.92 Å². The number of aliphatic imine (C=N–C) groups is 1. The Labute approximate surface area is 165 Å². The molecule has 1 saturated heterocycles. The molecule has 24 heavy (non-hydrogen) atoms. The van der Waals surface area contributed by atoms with Gasteiger partial charge in [-0.2, -0.15) is 0 Å². The van der Waals surface area contributed by atoms with Crippen LogP contribution in [0.1, 0.15) is 31.2 Å². The van der Waals surface area contributed by atoms with Gasteiger partial charge in [0.25, 0.3) is 0 Å². The lowest BCUT2D eigenvalue weighted by Crippen LogP contribution is -2.63. The van der Waals surface area contributed by atoms with E-state index in [-0.39, 0.29) is 36.1 Å². The van der Waals surface area contributed by atoms with E-state index in [0.29, 0.717) is 13.1 Å². The van der Waals surface area contributed by atoms with Crippen LogP contribution in [-0.4, -0.2) is 48.7 Å². The molecule has 1 aromatic heterocycles. The van der Waals surface area contributed by atoms with Crippen molar-refractivity contribution in [1.82, 2.24) is 15.5 Å². The maximum atomic E-state index is 11.9. The van der Waals surface area contributed by atoms with E-state index in [4.69, 9.17) is 4.74 Å². The molecular formula is C16H27IN4O2S. The number of likely N-dealkylation sites (tertiary alicyclic amines) is 1. The van der Waals surface area contributed by atoms with Gasteiger partial charge in [-0.05, 0) is 44.7 Å². The molecule has 0 unspecified atom stereocenters. The predicted octanol–water partition coefficient (Wildman–Crippen LogP) is 2.96. The highest BCUT2D eigenvalue weighted by molar-refractivity contribution is 14.0. The monoisotopic (exact) mass is 466 g/mol. The Morgan fingerprint density at radius 3 is 2.62 bits per heavy atom. The Morgan fingerprint density at radius 1 is 1.46 bits per heavy atom. The van der Waals surface area contributed by atoms with Crippen LogP contribution in [0.3, 0.4) is 0 Å². The van der Waals surface area contributed by atoms with Gasteiger partial charge in [-0.1, -0.05) is 0 Å². The molecular weight excluding hydrogens is 439 g/mol. The summed E-state index contributed by atoms with van der Waals surface area (Å²) in [6.45, 7) is 9.75. The number of nitrogens with one attached hydrogen (secondary N) is 2. The predicted molar refractivity (Wildman–Crippen MR) is 109 cm³/mol. The van der Waals surface area contributed by atoms with E-state index in [0.717, 1.165) is 12.5 Å². The van der Waals surface area contributed by atoms with Gasteiger partial charge < -0.3 is 20.3 Å². The molecule has 2 heterocycles. The average Bonchev–Trinajstić information content (AvgIpc) is 2.80. The molecule has 1 aliphatic rings. The molecule has 2 N–H and O–H groups in total. The minimum atomic E-state index is -0.453.